The zero-order valence-electron chi connectivity index (χ0n) is 19.2. The molecular weight excluding hydrogens is 453 g/mol. The van der Waals surface area contributed by atoms with Gasteiger partial charge in [-0.1, -0.05) is 73.4 Å². The summed E-state index contributed by atoms with van der Waals surface area (Å²) in [6, 6.07) is 20.0. The van der Waals surface area contributed by atoms with Gasteiger partial charge in [-0.3, -0.25) is 14.6 Å². The summed E-state index contributed by atoms with van der Waals surface area (Å²) in [5.74, 6) is 0.348. The molecule has 6 heteroatoms. The zero-order chi connectivity index (χ0) is 23.4. The summed E-state index contributed by atoms with van der Waals surface area (Å²) in [5, 5.41) is 6.72. The normalized spacial score (nSPS) is 16.3. The number of halogens is 2. The number of hydrogen-bond donors (Lipinski definition) is 1. The number of rotatable bonds is 7. The quantitative estimate of drug-likeness (QED) is 0.466. The van der Waals surface area contributed by atoms with Crippen LogP contribution >= 0.6 is 23.2 Å². The second-order valence-corrected chi connectivity index (χ2v) is 10.0. The summed E-state index contributed by atoms with van der Waals surface area (Å²) < 4.78 is 0. The van der Waals surface area contributed by atoms with Crippen LogP contribution in [-0.4, -0.2) is 54.5 Å². The molecular formula is C27H31Cl2N3O. The van der Waals surface area contributed by atoms with Crippen molar-refractivity contribution < 1.29 is 4.79 Å². The molecule has 1 heterocycles. The zero-order valence-corrected chi connectivity index (χ0v) is 20.7. The monoisotopic (exact) mass is 483 g/mol. The van der Waals surface area contributed by atoms with Gasteiger partial charge in [-0.2, -0.15) is 0 Å². The van der Waals surface area contributed by atoms with E-state index in [1.165, 1.54) is 5.56 Å². The molecule has 0 spiro atoms. The molecule has 4 rings (SSSR count). The Morgan fingerprint density at radius 2 is 1.58 bits per heavy atom. The van der Waals surface area contributed by atoms with E-state index in [2.05, 4.69) is 35.0 Å². The van der Waals surface area contributed by atoms with E-state index in [4.69, 9.17) is 23.2 Å². The second kappa shape index (κ2) is 10.9. The highest BCUT2D eigenvalue weighted by Crippen LogP contribution is 2.23. The standard InChI is InChI=1S/C27H31Cl2N3O/c1-19(2)26(30-27(33)23-9-8-21-5-3-4-6-22(21)16-23)18-32-13-11-31(12-14-32)17-20-7-10-24(28)25(29)15-20/h3-10,15-16,19,26H,11-14,17-18H2,1-2H3,(H,30,33). The van der Waals surface area contributed by atoms with Crippen LogP contribution in [0.5, 0.6) is 0 Å². The van der Waals surface area contributed by atoms with Crippen LogP contribution in [0.25, 0.3) is 10.8 Å². The van der Waals surface area contributed by atoms with E-state index in [0.29, 0.717) is 21.5 Å². The van der Waals surface area contributed by atoms with Gasteiger partial charge in [-0.05, 0) is 46.5 Å². The second-order valence-electron chi connectivity index (χ2n) is 9.21. The number of nitrogens with zero attached hydrogens (tertiary/aromatic N) is 2. The summed E-state index contributed by atoms with van der Waals surface area (Å²) in [6.07, 6.45) is 0. The van der Waals surface area contributed by atoms with Gasteiger partial charge in [0.1, 0.15) is 0 Å². The number of hydrogen-bond acceptors (Lipinski definition) is 3. The Balaban J connectivity index is 1.31. The van der Waals surface area contributed by atoms with Crippen LogP contribution in [0.4, 0.5) is 0 Å². The van der Waals surface area contributed by atoms with Crippen molar-refractivity contribution in [2.45, 2.75) is 26.4 Å². The van der Waals surface area contributed by atoms with Gasteiger partial charge < -0.3 is 5.32 Å². The van der Waals surface area contributed by atoms with Gasteiger partial charge in [-0.15, -0.1) is 0 Å². The van der Waals surface area contributed by atoms with E-state index < -0.39 is 0 Å². The summed E-state index contributed by atoms with van der Waals surface area (Å²) in [4.78, 5) is 17.9. The Labute approximate surface area is 206 Å². The fraction of sp³-hybridized carbons (Fsp3) is 0.370. The smallest absolute Gasteiger partial charge is 0.251 e. The molecule has 1 fully saturated rings. The first kappa shape index (κ1) is 24.0. The lowest BCUT2D eigenvalue weighted by molar-refractivity contribution is 0.0862. The highest BCUT2D eigenvalue weighted by Gasteiger charge is 2.24. The maximum Gasteiger partial charge on any atom is 0.251 e. The first-order valence-corrected chi connectivity index (χ1v) is 12.3. The maximum absolute atomic E-state index is 13.0. The van der Waals surface area contributed by atoms with Crippen molar-refractivity contribution in [2.75, 3.05) is 32.7 Å². The van der Waals surface area contributed by atoms with Crippen LogP contribution in [-0.2, 0) is 6.54 Å². The fourth-order valence-corrected chi connectivity index (χ4v) is 4.63. The average molecular weight is 484 g/mol. The van der Waals surface area contributed by atoms with E-state index in [1.54, 1.807) is 0 Å². The molecule has 3 aromatic carbocycles. The largest absolute Gasteiger partial charge is 0.348 e. The molecule has 0 saturated carbocycles. The maximum atomic E-state index is 13.0. The van der Waals surface area contributed by atoms with Gasteiger partial charge in [0.2, 0.25) is 0 Å². The molecule has 0 radical (unpaired) electrons. The predicted molar refractivity (Wildman–Crippen MR) is 138 cm³/mol. The third-order valence-electron chi connectivity index (χ3n) is 6.44. The summed E-state index contributed by atoms with van der Waals surface area (Å²) in [5.41, 5.74) is 1.89. The molecule has 0 aromatic heterocycles. The minimum absolute atomic E-state index is 0.00212. The lowest BCUT2D eigenvalue weighted by Crippen LogP contribution is -2.52. The minimum Gasteiger partial charge on any atom is -0.348 e. The highest BCUT2D eigenvalue weighted by atomic mass is 35.5. The predicted octanol–water partition coefficient (Wildman–Crippen LogP) is 5.72. The number of amides is 1. The number of carbonyl (C=O) groups is 1. The Hall–Kier alpha value is -2.11. The van der Waals surface area contributed by atoms with Crippen LogP contribution in [0.3, 0.4) is 0 Å². The van der Waals surface area contributed by atoms with Crippen molar-refractivity contribution in [3.05, 3.63) is 81.8 Å². The van der Waals surface area contributed by atoms with Crippen molar-refractivity contribution in [1.29, 1.82) is 0 Å². The molecule has 1 N–H and O–H groups in total. The first-order valence-electron chi connectivity index (χ1n) is 11.6. The number of benzene rings is 3. The van der Waals surface area contributed by atoms with Crippen molar-refractivity contribution >= 4 is 39.9 Å². The number of carbonyl (C=O) groups excluding carboxylic acids is 1. The summed E-state index contributed by atoms with van der Waals surface area (Å²) >= 11 is 12.2. The average Bonchev–Trinajstić information content (AvgIpc) is 2.81. The van der Waals surface area contributed by atoms with E-state index in [-0.39, 0.29) is 11.9 Å². The van der Waals surface area contributed by atoms with E-state index in [9.17, 15) is 4.79 Å². The van der Waals surface area contributed by atoms with Gasteiger partial charge in [0.05, 0.1) is 10.0 Å². The fourth-order valence-electron chi connectivity index (χ4n) is 4.31. The van der Waals surface area contributed by atoms with Crippen LogP contribution in [0, 0.1) is 5.92 Å². The van der Waals surface area contributed by atoms with Gasteiger partial charge in [0.25, 0.3) is 5.91 Å². The van der Waals surface area contributed by atoms with Gasteiger partial charge in [0, 0.05) is 50.9 Å². The minimum atomic E-state index is -0.00212. The molecule has 1 atom stereocenters. The first-order chi connectivity index (χ1) is 15.9. The molecule has 3 aromatic rings. The highest BCUT2D eigenvalue weighted by molar-refractivity contribution is 6.42. The van der Waals surface area contributed by atoms with E-state index in [1.807, 2.05) is 54.6 Å². The van der Waals surface area contributed by atoms with Gasteiger partial charge in [-0.25, -0.2) is 0 Å². The topological polar surface area (TPSA) is 35.6 Å². The van der Waals surface area contributed by atoms with Crippen LogP contribution < -0.4 is 5.32 Å². The van der Waals surface area contributed by atoms with E-state index in [0.717, 1.165) is 50.0 Å². The van der Waals surface area contributed by atoms with Gasteiger partial charge >= 0.3 is 0 Å². The SMILES string of the molecule is CC(C)C(CN1CCN(Cc2ccc(Cl)c(Cl)c2)CC1)NC(=O)c1ccc2ccccc2c1. The Morgan fingerprint density at radius 3 is 2.27 bits per heavy atom. The molecule has 0 bridgehead atoms. The summed E-state index contributed by atoms with van der Waals surface area (Å²) in [7, 11) is 0. The van der Waals surface area contributed by atoms with E-state index >= 15 is 0 Å². The Kier molecular flexibility index (Phi) is 7.92. The van der Waals surface area contributed by atoms with Gasteiger partial charge in [0.15, 0.2) is 0 Å². The van der Waals surface area contributed by atoms with Crippen LogP contribution in [0.2, 0.25) is 10.0 Å². The van der Waals surface area contributed by atoms with Crippen LogP contribution in [0.15, 0.2) is 60.7 Å². The molecule has 1 amide bonds. The lowest BCUT2D eigenvalue weighted by atomic mass is 10.0. The number of fused-ring (bicyclic) bond motifs is 1. The molecule has 1 unspecified atom stereocenters. The van der Waals surface area contributed by atoms with Crippen LogP contribution in [0.1, 0.15) is 29.8 Å². The van der Waals surface area contributed by atoms with Crippen molar-refractivity contribution in [3.8, 4) is 0 Å². The van der Waals surface area contributed by atoms with Crippen molar-refractivity contribution in [1.82, 2.24) is 15.1 Å². The number of nitrogens with one attached hydrogen (secondary N) is 1. The molecule has 174 valence electrons. The molecule has 4 nitrogen and oxygen atoms in total. The molecule has 1 saturated heterocycles. The third kappa shape index (κ3) is 6.27. The molecule has 1 aliphatic rings. The Bertz CT molecular complexity index is 1110. The summed E-state index contributed by atoms with van der Waals surface area (Å²) in [6.45, 7) is 10.0. The third-order valence-corrected chi connectivity index (χ3v) is 7.18. The molecule has 33 heavy (non-hydrogen) atoms. The molecule has 0 aliphatic carbocycles. The number of piperazine rings is 1. The van der Waals surface area contributed by atoms with Crippen molar-refractivity contribution in [3.63, 3.8) is 0 Å². The molecule has 1 aliphatic heterocycles. The Morgan fingerprint density at radius 1 is 0.879 bits per heavy atom. The lowest BCUT2D eigenvalue weighted by Gasteiger charge is -2.37. The van der Waals surface area contributed by atoms with Crippen molar-refractivity contribution in [2.24, 2.45) is 5.92 Å².